The number of para-hydroxylation sites is 3. The minimum atomic E-state index is 1.13. The van der Waals surface area contributed by atoms with Crippen molar-refractivity contribution in [3.05, 3.63) is 169 Å². The van der Waals surface area contributed by atoms with Crippen LogP contribution in [-0.4, -0.2) is 4.57 Å². The fourth-order valence-corrected chi connectivity index (χ4v) is 6.23. The normalized spacial score (nSPS) is 11.7. The topological polar surface area (TPSA) is 8.17 Å². The first kappa shape index (κ1) is 24.2. The highest BCUT2D eigenvalue weighted by Gasteiger charge is 2.17. The van der Waals surface area contributed by atoms with Gasteiger partial charge >= 0.3 is 0 Å². The molecule has 0 aliphatic carbocycles. The van der Waals surface area contributed by atoms with Gasteiger partial charge in [-0.2, -0.15) is 0 Å². The van der Waals surface area contributed by atoms with Gasteiger partial charge in [-0.05, 0) is 82.6 Å². The van der Waals surface area contributed by atoms with Crippen molar-refractivity contribution in [2.24, 2.45) is 0 Å². The first-order valence-electron chi connectivity index (χ1n) is 14.4. The second-order valence-corrected chi connectivity index (χ2v) is 10.6. The van der Waals surface area contributed by atoms with E-state index in [1.807, 2.05) is 0 Å². The molecule has 8 aromatic rings. The SMILES string of the molecule is C(=Cc1ccc2c3c1ccc1cccc(c13)n2-c1ccccc1)c1ccc(N(c2ccccc2)c2ccccc2)cc1. The molecule has 1 heterocycles. The predicted octanol–water partition coefficient (Wildman–Crippen LogP) is 11.0. The van der Waals surface area contributed by atoms with Gasteiger partial charge in [-0.15, -0.1) is 0 Å². The fraction of sp³-hybridized carbons (Fsp3) is 0. The molecule has 2 nitrogen and oxygen atoms in total. The Kier molecular flexibility index (Phi) is 5.82. The van der Waals surface area contributed by atoms with E-state index in [0.717, 1.165) is 17.1 Å². The van der Waals surface area contributed by atoms with Crippen molar-refractivity contribution in [2.75, 3.05) is 4.90 Å². The van der Waals surface area contributed by atoms with Gasteiger partial charge in [0.1, 0.15) is 0 Å². The van der Waals surface area contributed by atoms with Crippen LogP contribution in [0.3, 0.4) is 0 Å². The fourth-order valence-electron chi connectivity index (χ4n) is 6.23. The number of rotatable bonds is 6. The lowest BCUT2D eigenvalue weighted by molar-refractivity contribution is 1.18. The van der Waals surface area contributed by atoms with Crippen LogP contribution in [0.4, 0.5) is 17.1 Å². The smallest absolute Gasteiger partial charge is 0.0547 e. The second-order valence-electron chi connectivity index (χ2n) is 10.6. The van der Waals surface area contributed by atoms with Crippen LogP contribution in [0.25, 0.3) is 50.4 Å². The summed E-state index contributed by atoms with van der Waals surface area (Å²) in [5.74, 6) is 0. The molecular formula is C40H28N2. The molecule has 0 saturated heterocycles. The van der Waals surface area contributed by atoms with Gasteiger partial charge in [0.2, 0.25) is 0 Å². The molecule has 0 aliphatic rings. The molecule has 0 fully saturated rings. The van der Waals surface area contributed by atoms with Gasteiger partial charge in [0, 0.05) is 33.5 Å². The molecule has 0 amide bonds. The molecule has 0 bridgehead atoms. The predicted molar refractivity (Wildman–Crippen MR) is 180 cm³/mol. The summed E-state index contributed by atoms with van der Waals surface area (Å²) in [7, 11) is 0. The van der Waals surface area contributed by atoms with E-state index in [-0.39, 0.29) is 0 Å². The Morgan fingerprint density at radius 1 is 0.429 bits per heavy atom. The number of anilines is 3. The summed E-state index contributed by atoms with van der Waals surface area (Å²) >= 11 is 0. The third kappa shape index (κ3) is 4.05. The van der Waals surface area contributed by atoms with Gasteiger partial charge in [0.05, 0.1) is 11.0 Å². The monoisotopic (exact) mass is 536 g/mol. The molecule has 7 aromatic carbocycles. The molecular weight excluding hydrogens is 508 g/mol. The van der Waals surface area contributed by atoms with Gasteiger partial charge in [-0.1, -0.05) is 109 Å². The Balaban J connectivity index is 1.18. The molecule has 0 atom stereocenters. The van der Waals surface area contributed by atoms with Gasteiger partial charge in [0.15, 0.2) is 0 Å². The molecule has 8 rings (SSSR count). The number of hydrogen-bond donors (Lipinski definition) is 0. The van der Waals surface area contributed by atoms with E-state index in [9.17, 15) is 0 Å². The van der Waals surface area contributed by atoms with Crippen molar-refractivity contribution in [3.63, 3.8) is 0 Å². The van der Waals surface area contributed by atoms with Crippen LogP contribution in [-0.2, 0) is 0 Å². The van der Waals surface area contributed by atoms with Crippen molar-refractivity contribution in [2.45, 2.75) is 0 Å². The zero-order valence-corrected chi connectivity index (χ0v) is 23.1. The van der Waals surface area contributed by atoms with Gasteiger partial charge < -0.3 is 9.47 Å². The van der Waals surface area contributed by atoms with Crippen molar-refractivity contribution in [1.82, 2.24) is 4.57 Å². The summed E-state index contributed by atoms with van der Waals surface area (Å²) in [4.78, 5) is 2.29. The summed E-state index contributed by atoms with van der Waals surface area (Å²) in [5.41, 5.74) is 9.47. The Labute approximate surface area is 245 Å². The van der Waals surface area contributed by atoms with Crippen LogP contribution in [0, 0.1) is 0 Å². The van der Waals surface area contributed by atoms with Gasteiger partial charge in [-0.3, -0.25) is 0 Å². The van der Waals surface area contributed by atoms with Crippen molar-refractivity contribution in [3.8, 4) is 5.69 Å². The first-order chi connectivity index (χ1) is 20.8. The van der Waals surface area contributed by atoms with Gasteiger partial charge in [-0.25, -0.2) is 0 Å². The largest absolute Gasteiger partial charge is 0.311 e. The standard InChI is InChI=1S/C40H28N2/c1-4-12-32(13-5-1)41(33-14-6-2-7-15-33)35-25-20-29(21-26-35)19-22-30-24-28-38-40-36(30)27-23-31-11-10-18-37(39(31)40)42(38)34-16-8-3-9-17-34/h1-28H. The Morgan fingerprint density at radius 3 is 1.74 bits per heavy atom. The molecule has 42 heavy (non-hydrogen) atoms. The van der Waals surface area contributed by atoms with E-state index < -0.39 is 0 Å². The van der Waals surface area contributed by atoms with Crippen molar-refractivity contribution < 1.29 is 0 Å². The first-order valence-corrected chi connectivity index (χ1v) is 14.4. The van der Waals surface area contributed by atoms with Crippen LogP contribution >= 0.6 is 0 Å². The molecule has 198 valence electrons. The summed E-state index contributed by atoms with van der Waals surface area (Å²) in [6.07, 6.45) is 4.47. The number of hydrogen-bond acceptors (Lipinski definition) is 1. The Hall–Kier alpha value is -5.60. The molecule has 0 radical (unpaired) electrons. The van der Waals surface area contributed by atoms with E-state index in [0.29, 0.717) is 0 Å². The Bertz CT molecular complexity index is 2120. The molecule has 0 aliphatic heterocycles. The highest BCUT2D eigenvalue weighted by atomic mass is 15.1. The number of aromatic nitrogens is 1. The third-order valence-electron chi connectivity index (χ3n) is 8.14. The minimum Gasteiger partial charge on any atom is -0.311 e. The maximum atomic E-state index is 2.39. The maximum Gasteiger partial charge on any atom is 0.0547 e. The molecule has 0 saturated carbocycles. The Morgan fingerprint density at radius 2 is 1.05 bits per heavy atom. The molecule has 0 spiro atoms. The summed E-state index contributed by atoms with van der Waals surface area (Å²) < 4.78 is 2.39. The van der Waals surface area contributed by atoms with Crippen LogP contribution in [0.1, 0.15) is 11.1 Å². The maximum absolute atomic E-state index is 2.39. The van der Waals surface area contributed by atoms with Crippen molar-refractivity contribution in [1.29, 1.82) is 0 Å². The zero-order valence-electron chi connectivity index (χ0n) is 23.1. The van der Waals surface area contributed by atoms with Crippen LogP contribution in [0.15, 0.2) is 158 Å². The number of benzene rings is 7. The lowest BCUT2D eigenvalue weighted by Crippen LogP contribution is -2.09. The molecule has 2 heteroatoms. The van der Waals surface area contributed by atoms with E-state index in [1.165, 1.54) is 49.4 Å². The highest BCUT2D eigenvalue weighted by Crippen LogP contribution is 2.40. The summed E-state index contributed by atoms with van der Waals surface area (Å²) in [6, 6.07) is 56.2. The van der Waals surface area contributed by atoms with Crippen molar-refractivity contribution >= 4 is 61.8 Å². The van der Waals surface area contributed by atoms with E-state index in [4.69, 9.17) is 0 Å². The molecule has 0 N–H and O–H groups in total. The summed E-state index contributed by atoms with van der Waals surface area (Å²) in [5, 5.41) is 5.21. The van der Waals surface area contributed by atoms with Crippen LogP contribution < -0.4 is 4.90 Å². The quantitative estimate of drug-likeness (QED) is 0.152. The van der Waals surface area contributed by atoms with E-state index in [1.54, 1.807) is 0 Å². The zero-order chi connectivity index (χ0) is 27.9. The third-order valence-corrected chi connectivity index (χ3v) is 8.14. The van der Waals surface area contributed by atoms with Crippen LogP contribution in [0.2, 0.25) is 0 Å². The number of nitrogens with zero attached hydrogens (tertiary/aromatic N) is 2. The van der Waals surface area contributed by atoms with E-state index in [2.05, 4.69) is 179 Å². The average Bonchev–Trinajstić information content (AvgIpc) is 3.41. The minimum absolute atomic E-state index is 1.13. The second kappa shape index (κ2) is 10.1. The lowest BCUT2D eigenvalue weighted by Gasteiger charge is -2.25. The molecule has 0 unspecified atom stereocenters. The summed E-state index contributed by atoms with van der Waals surface area (Å²) in [6.45, 7) is 0. The average molecular weight is 537 g/mol. The lowest BCUT2D eigenvalue weighted by atomic mass is 9.98. The van der Waals surface area contributed by atoms with E-state index >= 15 is 0 Å². The highest BCUT2D eigenvalue weighted by molar-refractivity contribution is 6.25. The molecule has 1 aromatic heterocycles. The van der Waals surface area contributed by atoms with Crippen LogP contribution in [0.5, 0.6) is 0 Å². The van der Waals surface area contributed by atoms with Gasteiger partial charge in [0.25, 0.3) is 0 Å².